The van der Waals surface area contributed by atoms with E-state index in [-0.39, 0.29) is 29.0 Å². The molecule has 0 radical (unpaired) electrons. The highest BCUT2D eigenvalue weighted by Gasteiger charge is 2.19. The summed E-state index contributed by atoms with van der Waals surface area (Å²) in [6, 6.07) is 39.4. The molecule has 0 saturated heterocycles. The molecule has 0 N–H and O–H groups in total. The van der Waals surface area contributed by atoms with Crippen LogP contribution in [0.15, 0.2) is 177 Å². The fourth-order valence-electron chi connectivity index (χ4n) is 12.0. The maximum atomic E-state index is 13.6. The van der Waals surface area contributed by atoms with Crippen molar-refractivity contribution in [1.29, 1.82) is 0 Å². The second kappa shape index (κ2) is 50.0. The summed E-state index contributed by atoms with van der Waals surface area (Å²) < 4.78 is 120. The van der Waals surface area contributed by atoms with Crippen LogP contribution in [0.25, 0.3) is 90.1 Å². The second-order valence-corrected chi connectivity index (χ2v) is 34.0. The van der Waals surface area contributed by atoms with Crippen LogP contribution in [-0.2, 0) is 0 Å². The molecule has 8 aromatic carbocycles. The SMILES string of the molecule is CCOc1nc(-c2cc(F)ccc2C)cs1.CCOc1nc(-c2cc(OC)ccc2C)cs1.COc1ccc(C)c(-c2csc(OC)n2)c1.COc1nc(-c2cc(C)ccc2C)cs1.COc1nc(-c2cc(F)c(OC)cc2C)cs1.COc1nc(-c2cc(F)ccc2C)cs1.COc1nc(-c2cc(OC)c(OC)cc2C)cs1.COc1nc(-c2ccc(F)cc2C)cs1. The molecule has 21 nitrogen and oxygen atoms in total. The number of nitrogens with zero attached hydrogens (tertiary/aromatic N) is 8. The molecule has 0 atom stereocenters. The maximum Gasteiger partial charge on any atom is 0.273 e. The van der Waals surface area contributed by atoms with Crippen LogP contribution in [0, 0.1) is 85.6 Å². The minimum absolute atomic E-state index is 0.224. The summed E-state index contributed by atoms with van der Waals surface area (Å²) in [7, 11) is 17.6. The molecule has 8 aromatic heterocycles. The number of methoxy groups -OCH3 is 11. The first-order valence-corrected chi connectivity index (χ1v) is 46.6. The molecule has 0 unspecified atom stereocenters. The minimum Gasteiger partial charge on any atom is -0.497 e. The molecular formula is C96H100F4N8O13S8. The van der Waals surface area contributed by atoms with E-state index >= 15 is 0 Å². The van der Waals surface area contributed by atoms with Crippen molar-refractivity contribution in [3.05, 3.63) is 250 Å². The van der Waals surface area contributed by atoms with Crippen LogP contribution < -0.4 is 61.6 Å². The molecule has 0 aliphatic heterocycles. The van der Waals surface area contributed by atoms with Crippen molar-refractivity contribution in [3.8, 4) is 160 Å². The molecule has 16 aromatic rings. The zero-order valence-corrected chi connectivity index (χ0v) is 81.9. The predicted molar refractivity (Wildman–Crippen MR) is 517 cm³/mol. The van der Waals surface area contributed by atoms with Crippen LogP contribution >= 0.6 is 90.7 Å². The highest BCUT2D eigenvalue weighted by atomic mass is 32.1. The van der Waals surface area contributed by atoms with Crippen molar-refractivity contribution in [1.82, 2.24) is 39.9 Å². The van der Waals surface area contributed by atoms with Crippen LogP contribution in [0.3, 0.4) is 0 Å². The molecule has 0 aliphatic carbocycles. The summed E-state index contributed by atoms with van der Waals surface area (Å²) in [6.07, 6.45) is 0. The number of ether oxygens (including phenoxy) is 13. The Morgan fingerprint density at radius 1 is 0.225 bits per heavy atom. The lowest BCUT2D eigenvalue weighted by atomic mass is 10.0. The Hall–Kier alpha value is -12.1. The molecular weight excluding hydrogens is 1810 g/mol. The molecule has 0 saturated carbocycles. The summed E-state index contributed by atoms with van der Waals surface area (Å²) in [5.41, 5.74) is 24.3. The van der Waals surface area contributed by atoms with Gasteiger partial charge in [0.05, 0.1) is 137 Å². The summed E-state index contributed by atoms with van der Waals surface area (Å²) in [5, 5.41) is 20.6. The monoisotopic (exact) mass is 1900 g/mol. The molecule has 0 bridgehead atoms. The third kappa shape index (κ3) is 28.5. The van der Waals surface area contributed by atoms with Gasteiger partial charge in [0.1, 0.15) is 29.0 Å². The third-order valence-electron chi connectivity index (χ3n) is 18.8. The number of benzene rings is 8. The fourth-order valence-corrected chi connectivity index (χ4v) is 17.3. The van der Waals surface area contributed by atoms with Gasteiger partial charge >= 0.3 is 0 Å². The van der Waals surface area contributed by atoms with E-state index in [1.807, 2.05) is 140 Å². The van der Waals surface area contributed by atoms with Crippen LogP contribution in [0.2, 0.25) is 0 Å². The van der Waals surface area contributed by atoms with Gasteiger partial charge in [-0.1, -0.05) is 133 Å². The van der Waals surface area contributed by atoms with Gasteiger partial charge in [-0.15, -0.1) is 0 Å². The quantitative estimate of drug-likeness (QED) is 0.0543. The van der Waals surface area contributed by atoms with Crippen molar-refractivity contribution in [2.75, 3.05) is 91.4 Å². The zero-order chi connectivity index (χ0) is 93.4. The average Bonchev–Trinajstić information content (AvgIpc) is 1.80. The van der Waals surface area contributed by atoms with Gasteiger partial charge in [-0.05, 0) is 218 Å². The molecule has 0 amide bonds. The number of aromatic nitrogens is 8. The number of thiazole rings is 8. The van der Waals surface area contributed by atoms with Gasteiger partial charge in [0.2, 0.25) is 0 Å². The topological polar surface area (TPSA) is 223 Å². The van der Waals surface area contributed by atoms with Gasteiger partial charge < -0.3 is 61.6 Å². The van der Waals surface area contributed by atoms with Crippen LogP contribution in [0.5, 0.6) is 70.3 Å². The maximum absolute atomic E-state index is 13.6. The Morgan fingerprint density at radius 2 is 0.481 bits per heavy atom. The molecule has 16 rings (SSSR count). The van der Waals surface area contributed by atoms with E-state index < -0.39 is 0 Å². The van der Waals surface area contributed by atoms with Crippen molar-refractivity contribution in [3.63, 3.8) is 0 Å². The van der Waals surface area contributed by atoms with E-state index in [9.17, 15) is 17.6 Å². The third-order valence-corrected chi connectivity index (χ3v) is 25.1. The summed E-state index contributed by atoms with van der Waals surface area (Å²) >= 11 is 11.6. The molecule has 0 fully saturated rings. The van der Waals surface area contributed by atoms with Gasteiger partial charge in [-0.2, -0.15) is 0 Å². The summed E-state index contributed by atoms with van der Waals surface area (Å²) in [4.78, 5) is 34.7. The highest BCUT2D eigenvalue weighted by molar-refractivity contribution is 7.13. The molecule has 33 heteroatoms. The Labute approximate surface area is 781 Å². The second-order valence-electron chi connectivity index (χ2n) is 27.5. The Bertz CT molecular complexity index is 6170. The first-order valence-electron chi connectivity index (χ1n) is 39.5. The average molecular weight is 1910 g/mol. The van der Waals surface area contributed by atoms with Crippen LogP contribution in [0.1, 0.15) is 63.9 Å². The van der Waals surface area contributed by atoms with E-state index in [1.165, 1.54) is 168 Å². The van der Waals surface area contributed by atoms with Crippen molar-refractivity contribution < 1.29 is 79.1 Å². The van der Waals surface area contributed by atoms with E-state index in [1.54, 1.807) is 95.4 Å². The summed E-state index contributed by atoms with van der Waals surface area (Å²) in [5.74, 6) is 2.25. The van der Waals surface area contributed by atoms with Gasteiger partial charge in [-0.3, -0.25) is 0 Å². The lowest BCUT2D eigenvalue weighted by Crippen LogP contribution is -1.93. The Balaban J connectivity index is 0.000000166. The molecule has 8 heterocycles. The normalized spacial score (nSPS) is 10.3. The van der Waals surface area contributed by atoms with E-state index in [0.717, 1.165) is 124 Å². The molecule has 0 aliphatic rings. The Morgan fingerprint density at radius 3 is 0.798 bits per heavy atom. The molecule has 129 heavy (non-hydrogen) atoms. The fraction of sp³-hybridized carbons (Fsp3) is 0.250. The number of hydrogen-bond acceptors (Lipinski definition) is 29. The van der Waals surface area contributed by atoms with Gasteiger partial charge in [0, 0.05) is 87.5 Å². The van der Waals surface area contributed by atoms with Gasteiger partial charge in [0.25, 0.3) is 41.5 Å². The number of rotatable bonds is 23. The number of hydrogen-bond donors (Lipinski definition) is 0. The summed E-state index contributed by atoms with van der Waals surface area (Å²) in [6.45, 7) is 23.1. The standard InChI is InChI=1S/C13H15NO3S.C13H15NO2S.C12H12FNO2S.C12H12FNOS.C12H13NO2S.C12H13NOS.2C11H10FNOS/c1-8-5-11(15-2)12(16-3)6-9(8)10-7-18-13(14-10)17-4;1-4-16-13-14-12(8-17-13)11-7-10(15-3)6-5-9(11)2;1-7-4-11(15-2)9(13)5-8(7)10-6-17-12(14-10)16-3;1-3-15-12-14-11(7-16-12)10-6-9(13)5-4-8(10)2;1-8-4-5-9(14-2)6-10(8)11-7-16-12(13-11)15-3;1-8-4-5-9(2)10(6-8)11-7-15-12(13-11)14-3;1-7-5-8(12)3-4-9(7)10-6-15-11(13-10)14-2;1-7-3-4-8(12)5-9(7)10-6-15-11(13-10)14-2/h5-7H,1-4H3;5-8H,4H2,1-3H3;4-6H,1-3H3;4-7H,3H2,1-2H3;4-7H,1-3H3;4-7H,1-3H3;2*3-6H,1-2H3. The van der Waals surface area contributed by atoms with E-state index in [4.69, 9.17) is 61.6 Å². The highest BCUT2D eigenvalue weighted by Crippen LogP contribution is 2.40. The number of halogens is 4. The van der Waals surface area contributed by atoms with Crippen LogP contribution in [-0.4, -0.2) is 131 Å². The van der Waals surface area contributed by atoms with Crippen molar-refractivity contribution >= 4 is 90.7 Å². The molecule has 0 spiro atoms. The number of aryl methyl sites for hydroxylation is 9. The lowest BCUT2D eigenvalue weighted by Gasteiger charge is -2.11. The van der Waals surface area contributed by atoms with Crippen molar-refractivity contribution in [2.24, 2.45) is 0 Å². The lowest BCUT2D eigenvalue weighted by molar-refractivity contribution is 0.338. The van der Waals surface area contributed by atoms with Crippen LogP contribution in [0.4, 0.5) is 17.6 Å². The zero-order valence-electron chi connectivity index (χ0n) is 75.4. The van der Waals surface area contributed by atoms with Gasteiger partial charge in [-0.25, -0.2) is 57.4 Å². The smallest absolute Gasteiger partial charge is 0.273 e. The largest absolute Gasteiger partial charge is 0.497 e. The van der Waals surface area contributed by atoms with E-state index in [2.05, 4.69) is 85.8 Å². The predicted octanol–water partition coefficient (Wildman–Crippen LogP) is 26.7. The first kappa shape index (κ1) is 101. The molecule has 678 valence electrons. The Kier molecular flexibility index (Phi) is 39.1. The first-order chi connectivity index (χ1) is 62.1. The van der Waals surface area contributed by atoms with E-state index in [0.29, 0.717) is 66.2 Å². The van der Waals surface area contributed by atoms with Gasteiger partial charge in [0.15, 0.2) is 23.1 Å². The minimum atomic E-state index is -0.389. The van der Waals surface area contributed by atoms with Crippen molar-refractivity contribution in [2.45, 2.75) is 76.2 Å².